The first-order valence-electron chi connectivity index (χ1n) is 9.94. The second-order valence-electron chi connectivity index (χ2n) is 7.05. The van der Waals surface area contributed by atoms with Crippen molar-refractivity contribution in [1.29, 1.82) is 0 Å². The fourth-order valence-corrected chi connectivity index (χ4v) is 3.56. The second kappa shape index (κ2) is 11.7. The highest BCUT2D eigenvalue weighted by molar-refractivity contribution is 5.71. The smallest absolute Gasteiger partial charge is 0.308 e. The van der Waals surface area contributed by atoms with Crippen molar-refractivity contribution in [3.8, 4) is 0 Å². The van der Waals surface area contributed by atoms with Crippen molar-refractivity contribution >= 4 is 12.4 Å². The van der Waals surface area contributed by atoms with Gasteiger partial charge in [-0.3, -0.25) is 9.59 Å². The Bertz CT molecular complexity index is 559. The molecular formula is C21H31NO5. The van der Waals surface area contributed by atoms with Crippen LogP contribution in [0.15, 0.2) is 30.3 Å². The summed E-state index contributed by atoms with van der Waals surface area (Å²) in [7, 11) is 0. The van der Waals surface area contributed by atoms with E-state index in [9.17, 15) is 14.7 Å². The van der Waals surface area contributed by atoms with E-state index in [0.717, 1.165) is 38.5 Å². The standard InChI is InChI=1S/C21H31NO5/c1-2-9-19(22(16-23)27-20-14-6-7-15-26-20)18(21(24)25)13-8-12-17-10-4-3-5-11-17/h3-5,10-11,16,18-20H,2,6-9,12-15H2,1H3,(H,24,25). The van der Waals surface area contributed by atoms with Crippen molar-refractivity contribution < 1.29 is 24.3 Å². The van der Waals surface area contributed by atoms with E-state index in [-0.39, 0.29) is 0 Å². The lowest BCUT2D eigenvalue weighted by Crippen LogP contribution is -2.45. The maximum absolute atomic E-state index is 11.9. The Morgan fingerprint density at radius 3 is 2.70 bits per heavy atom. The molecule has 1 aromatic rings. The van der Waals surface area contributed by atoms with Gasteiger partial charge in [-0.25, -0.2) is 9.90 Å². The van der Waals surface area contributed by atoms with Crippen molar-refractivity contribution in [3.05, 3.63) is 35.9 Å². The normalized spacial score (nSPS) is 19.2. The molecule has 3 unspecified atom stereocenters. The van der Waals surface area contributed by atoms with Crippen molar-refractivity contribution in [1.82, 2.24) is 5.06 Å². The molecule has 1 heterocycles. The topological polar surface area (TPSA) is 76.1 Å². The predicted octanol–water partition coefficient (Wildman–Crippen LogP) is 3.80. The molecule has 2 rings (SSSR count). The Kier molecular flexibility index (Phi) is 9.28. The van der Waals surface area contributed by atoms with E-state index in [2.05, 4.69) is 0 Å². The van der Waals surface area contributed by atoms with Gasteiger partial charge in [0.25, 0.3) is 0 Å². The number of aliphatic carboxylic acids is 1. The zero-order chi connectivity index (χ0) is 19.5. The van der Waals surface area contributed by atoms with Crippen LogP contribution in [0.3, 0.4) is 0 Å². The number of benzene rings is 1. The number of hydrogen-bond acceptors (Lipinski definition) is 4. The molecule has 150 valence electrons. The molecule has 3 atom stereocenters. The summed E-state index contributed by atoms with van der Waals surface area (Å²) in [5, 5.41) is 11.0. The fourth-order valence-electron chi connectivity index (χ4n) is 3.56. The molecule has 1 amide bonds. The van der Waals surface area contributed by atoms with Crippen LogP contribution < -0.4 is 0 Å². The molecule has 1 aliphatic rings. The summed E-state index contributed by atoms with van der Waals surface area (Å²) in [5.41, 5.74) is 1.19. The summed E-state index contributed by atoms with van der Waals surface area (Å²) in [5.74, 6) is -1.55. The molecule has 0 saturated carbocycles. The van der Waals surface area contributed by atoms with Gasteiger partial charge >= 0.3 is 5.97 Å². The van der Waals surface area contributed by atoms with E-state index in [4.69, 9.17) is 9.57 Å². The summed E-state index contributed by atoms with van der Waals surface area (Å²) in [6, 6.07) is 9.52. The van der Waals surface area contributed by atoms with E-state index in [1.54, 1.807) is 0 Å². The molecule has 6 heteroatoms. The van der Waals surface area contributed by atoms with Gasteiger partial charge in [0.2, 0.25) is 6.41 Å². The van der Waals surface area contributed by atoms with Crippen LogP contribution in [0.1, 0.15) is 57.4 Å². The lowest BCUT2D eigenvalue weighted by molar-refractivity contribution is -0.290. The molecule has 0 bridgehead atoms. The molecule has 0 aliphatic carbocycles. The van der Waals surface area contributed by atoms with Crippen LogP contribution in [0, 0.1) is 5.92 Å². The first-order chi connectivity index (χ1) is 13.2. The minimum Gasteiger partial charge on any atom is -0.481 e. The molecule has 6 nitrogen and oxygen atoms in total. The SMILES string of the molecule is CCCC(C(CCCc1ccccc1)C(=O)O)N(C=O)OC1CCCCO1. The van der Waals surface area contributed by atoms with Gasteiger partial charge < -0.3 is 9.84 Å². The number of amides is 1. The number of nitrogens with zero attached hydrogens (tertiary/aromatic N) is 1. The van der Waals surface area contributed by atoms with Crippen LogP contribution >= 0.6 is 0 Å². The Morgan fingerprint density at radius 2 is 2.11 bits per heavy atom. The number of aryl methyl sites for hydroxylation is 1. The predicted molar refractivity (Wildman–Crippen MR) is 102 cm³/mol. The fraction of sp³-hybridized carbons (Fsp3) is 0.619. The summed E-state index contributed by atoms with van der Waals surface area (Å²) >= 11 is 0. The largest absolute Gasteiger partial charge is 0.481 e. The van der Waals surface area contributed by atoms with Gasteiger partial charge in [-0.05, 0) is 44.1 Å². The number of carbonyl (C=O) groups is 2. The first kappa shape index (κ1) is 21.4. The maximum atomic E-state index is 11.9. The molecule has 1 saturated heterocycles. The van der Waals surface area contributed by atoms with Gasteiger partial charge in [-0.15, -0.1) is 0 Å². The molecule has 0 spiro atoms. The molecule has 1 aromatic carbocycles. The Morgan fingerprint density at radius 1 is 1.33 bits per heavy atom. The van der Waals surface area contributed by atoms with Gasteiger partial charge in [0.05, 0.1) is 12.0 Å². The van der Waals surface area contributed by atoms with E-state index < -0.39 is 24.2 Å². The van der Waals surface area contributed by atoms with Crippen LogP contribution in [0.25, 0.3) is 0 Å². The molecule has 1 aliphatic heterocycles. The lowest BCUT2D eigenvalue weighted by Gasteiger charge is -2.35. The van der Waals surface area contributed by atoms with Crippen molar-refractivity contribution in [2.24, 2.45) is 5.92 Å². The van der Waals surface area contributed by atoms with Crippen LogP contribution in [-0.2, 0) is 25.6 Å². The van der Waals surface area contributed by atoms with Crippen molar-refractivity contribution in [2.75, 3.05) is 6.61 Å². The lowest BCUT2D eigenvalue weighted by atomic mass is 9.90. The van der Waals surface area contributed by atoms with Crippen LogP contribution in [0.5, 0.6) is 0 Å². The highest BCUT2D eigenvalue weighted by Crippen LogP contribution is 2.25. The number of carboxylic acids is 1. The van der Waals surface area contributed by atoms with Gasteiger partial charge in [0, 0.05) is 13.0 Å². The zero-order valence-corrected chi connectivity index (χ0v) is 16.1. The van der Waals surface area contributed by atoms with Crippen LogP contribution in [0.4, 0.5) is 0 Å². The molecular weight excluding hydrogens is 346 g/mol. The number of carbonyl (C=O) groups excluding carboxylic acids is 1. The average Bonchev–Trinajstić information content (AvgIpc) is 2.69. The summed E-state index contributed by atoms with van der Waals surface area (Å²) in [4.78, 5) is 29.3. The summed E-state index contributed by atoms with van der Waals surface area (Å²) < 4.78 is 5.55. The minimum atomic E-state index is -0.887. The zero-order valence-electron chi connectivity index (χ0n) is 16.1. The maximum Gasteiger partial charge on any atom is 0.308 e. The number of hydroxylamine groups is 2. The van der Waals surface area contributed by atoms with E-state index in [1.165, 1.54) is 10.6 Å². The summed E-state index contributed by atoms with van der Waals surface area (Å²) in [6.45, 7) is 2.59. The summed E-state index contributed by atoms with van der Waals surface area (Å²) in [6.07, 6.45) is 6.22. The van der Waals surface area contributed by atoms with Crippen molar-refractivity contribution in [3.63, 3.8) is 0 Å². The highest BCUT2D eigenvalue weighted by atomic mass is 16.8. The van der Waals surface area contributed by atoms with E-state index in [1.807, 2.05) is 37.3 Å². The van der Waals surface area contributed by atoms with E-state index >= 15 is 0 Å². The Labute approximate surface area is 161 Å². The number of ether oxygens (including phenoxy) is 1. The molecule has 0 aromatic heterocycles. The molecule has 1 fully saturated rings. The number of rotatable bonds is 12. The van der Waals surface area contributed by atoms with Crippen molar-refractivity contribution in [2.45, 2.75) is 70.6 Å². The second-order valence-corrected chi connectivity index (χ2v) is 7.05. The van der Waals surface area contributed by atoms with Gasteiger partial charge in [0.1, 0.15) is 0 Å². The van der Waals surface area contributed by atoms with Gasteiger partial charge in [-0.2, -0.15) is 0 Å². The number of carboxylic acid groups (broad SMARTS) is 1. The monoisotopic (exact) mass is 377 g/mol. The van der Waals surface area contributed by atoms with Gasteiger partial charge in [0.15, 0.2) is 6.29 Å². The van der Waals surface area contributed by atoms with E-state index in [0.29, 0.717) is 25.9 Å². The molecule has 27 heavy (non-hydrogen) atoms. The Hall–Kier alpha value is -1.92. The number of hydrogen-bond donors (Lipinski definition) is 1. The van der Waals surface area contributed by atoms with Gasteiger partial charge in [-0.1, -0.05) is 43.7 Å². The highest BCUT2D eigenvalue weighted by Gasteiger charge is 2.34. The Balaban J connectivity index is 2.00. The third kappa shape index (κ3) is 6.96. The average molecular weight is 377 g/mol. The third-order valence-corrected chi connectivity index (χ3v) is 5.00. The quantitative estimate of drug-likeness (QED) is 0.443. The first-order valence-corrected chi connectivity index (χ1v) is 9.94. The minimum absolute atomic E-state index is 0.470. The van der Waals surface area contributed by atoms with Crippen LogP contribution in [0.2, 0.25) is 0 Å². The molecule has 1 N–H and O–H groups in total. The molecule has 0 radical (unpaired) electrons. The van der Waals surface area contributed by atoms with Crippen LogP contribution in [-0.4, -0.2) is 41.5 Å². The third-order valence-electron chi connectivity index (χ3n) is 5.00.